The van der Waals surface area contributed by atoms with Crippen molar-refractivity contribution < 1.29 is 19.1 Å². The van der Waals surface area contributed by atoms with Gasteiger partial charge in [0.15, 0.2) is 6.61 Å². The van der Waals surface area contributed by atoms with Gasteiger partial charge in [0.2, 0.25) is 0 Å². The number of amides is 1. The zero-order valence-electron chi connectivity index (χ0n) is 15.2. The Morgan fingerprint density at radius 3 is 2.88 bits per heavy atom. The van der Waals surface area contributed by atoms with Crippen LogP contribution in [-0.4, -0.2) is 42.7 Å². The minimum Gasteiger partial charge on any atom is -0.452 e. The molecule has 0 radical (unpaired) electrons. The number of carbonyl (C=O) groups is 2. The molecule has 1 aliphatic heterocycles. The highest BCUT2D eigenvalue weighted by Crippen LogP contribution is 2.24. The van der Waals surface area contributed by atoms with Crippen LogP contribution in [0.25, 0.3) is 10.9 Å². The van der Waals surface area contributed by atoms with E-state index in [0.717, 1.165) is 35.9 Å². The van der Waals surface area contributed by atoms with Gasteiger partial charge in [-0.1, -0.05) is 25.1 Å². The van der Waals surface area contributed by atoms with Gasteiger partial charge in [-0.05, 0) is 37.8 Å². The monoisotopic (exact) mass is 356 g/mol. The first-order valence-electron chi connectivity index (χ1n) is 9.03. The van der Waals surface area contributed by atoms with Gasteiger partial charge in [0, 0.05) is 18.5 Å². The number of rotatable bonds is 6. The first kappa shape index (κ1) is 18.3. The average Bonchev–Trinajstić information content (AvgIpc) is 3.18. The Morgan fingerprint density at radius 2 is 2.15 bits per heavy atom. The molecular formula is C20H24N2O4. The van der Waals surface area contributed by atoms with Crippen molar-refractivity contribution in [2.45, 2.75) is 39.2 Å². The minimum absolute atomic E-state index is 0.0632. The molecule has 138 valence electrons. The summed E-state index contributed by atoms with van der Waals surface area (Å²) in [6.07, 6.45) is 2.64. The number of aryl methyl sites for hydroxylation is 2. The molecule has 3 rings (SSSR count). The summed E-state index contributed by atoms with van der Waals surface area (Å²) in [5, 5.41) is 3.66. The van der Waals surface area contributed by atoms with Gasteiger partial charge in [-0.2, -0.15) is 0 Å². The fourth-order valence-electron chi connectivity index (χ4n) is 3.25. The number of ether oxygens (including phenoxy) is 2. The standard InChI is InChI=1S/C20H24N2O4/c1-3-16-19(13(2)15-8-4-5-9-17(15)22-16)20(24)26-12-18(23)21-11-14-7-6-10-25-14/h4-5,8-9,14H,3,6-7,10-12H2,1-2H3,(H,21,23)/t14-/m0/s1. The Morgan fingerprint density at radius 1 is 1.35 bits per heavy atom. The highest BCUT2D eigenvalue weighted by molar-refractivity contribution is 5.99. The van der Waals surface area contributed by atoms with Gasteiger partial charge < -0.3 is 14.8 Å². The number of nitrogens with zero attached hydrogens (tertiary/aromatic N) is 1. The van der Waals surface area contributed by atoms with Crippen molar-refractivity contribution in [2.24, 2.45) is 0 Å². The van der Waals surface area contributed by atoms with Crippen LogP contribution in [-0.2, 0) is 20.7 Å². The van der Waals surface area contributed by atoms with Gasteiger partial charge in [-0.25, -0.2) is 4.79 Å². The molecule has 2 heterocycles. The van der Waals surface area contributed by atoms with E-state index in [2.05, 4.69) is 10.3 Å². The summed E-state index contributed by atoms with van der Waals surface area (Å²) >= 11 is 0. The number of para-hydroxylation sites is 1. The molecule has 2 aromatic rings. The Hall–Kier alpha value is -2.47. The van der Waals surface area contributed by atoms with Crippen molar-refractivity contribution in [1.29, 1.82) is 0 Å². The van der Waals surface area contributed by atoms with E-state index < -0.39 is 5.97 Å². The third kappa shape index (κ3) is 4.02. The fourth-order valence-corrected chi connectivity index (χ4v) is 3.25. The summed E-state index contributed by atoms with van der Waals surface area (Å²) < 4.78 is 10.7. The minimum atomic E-state index is -0.509. The van der Waals surface area contributed by atoms with Crippen molar-refractivity contribution in [1.82, 2.24) is 10.3 Å². The quantitative estimate of drug-likeness (QED) is 0.805. The number of esters is 1. The number of nitrogens with one attached hydrogen (secondary N) is 1. The van der Waals surface area contributed by atoms with Gasteiger partial charge in [0.05, 0.1) is 22.9 Å². The number of aromatic nitrogens is 1. The third-order valence-corrected chi connectivity index (χ3v) is 4.65. The molecular weight excluding hydrogens is 332 g/mol. The van der Waals surface area contributed by atoms with Crippen LogP contribution in [0.4, 0.5) is 0 Å². The van der Waals surface area contributed by atoms with Gasteiger partial charge in [0.1, 0.15) is 0 Å². The lowest BCUT2D eigenvalue weighted by molar-refractivity contribution is -0.124. The summed E-state index contributed by atoms with van der Waals surface area (Å²) in [6, 6.07) is 7.69. The van der Waals surface area contributed by atoms with Crippen LogP contribution in [0.5, 0.6) is 0 Å². The van der Waals surface area contributed by atoms with Crippen molar-refractivity contribution >= 4 is 22.8 Å². The SMILES string of the molecule is CCc1nc2ccccc2c(C)c1C(=O)OCC(=O)NC[C@@H]1CCCO1. The van der Waals surface area contributed by atoms with Crippen molar-refractivity contribution in [3.05, 3.63) is 41.1 Å². The maximum absolute atomic E-state index is 12.6. The molecule has 1 N–H and O–H groups in total. The molecule has 0 bridgehead atoms. The molecule has 1 amide bonds. The van der Waals surface area contributed by atoms with E-state index in [1.54, 1.807) is 0 Å². The number of hydrogen-bond donors (Lipinski definition) is 1. The second kappa shape index (κ2) is 8.27. The summed E-state index contributed by atoms with van der Waals surface area (Å²) in [7, 11) is 0. The highest BCUT2D eigenvalue weighted by atomic mass is 16.5. The first-order chi connectivity index (χ1) is 12.6. The Kier molecular flexibility index (Phi) is 5.83. The molecule has 6 heteroatoms. The molecule has 0 saturated carbocycles. The maximum atomic E-state index is 12.6. The summed E-state index contributed by atoms with van der Waals surface area (Å²) in [5.74, 6) is -0.830. The van der Waals surface area contributed by atoms with E-state index in [1.165, 1.54) is 0 Å². The van der Waals surface area contributed by atoms with Crippen molar-refractivity contribution in [3.8, 4) is 0 Å². The van der Waals surface area contributed by atoms with Gasteiger partial charge >= 0.3 is 5.97 Å². The molecule has 1 aromatic carbocycles. The molecule has 1 aliphatic rings. The predicted octanol–water partition coefficient (Wildman–Crippen LogP) is 2.56. The molecule has 1 aromatic heterocycles. The van der Waals surface area contributed by atoms with E-state index in [9.17, 15) is 9.59 Å². The normalized spacial score (nSPS) is 16.6. The maximum Gasteiger partial charge on any atom is 0.340 e. The van der Waals surface area contributed by atoms with Crippen LogP contribution in [0, 0.1) is 6.92 Å². The summed E-state index contributed by atoms with van der Waals surface area (Å²) in [4.78, 5) is 29.1. The second-order valence-corrected chi connectivity index (χ2v) is 6.44. The number of fused-ring (bicyclic) bond motifs is 1. The number of benzene rings is 1. The predicted molar refractivity (Wildman–Crippen MR) is 98.1 cm³/mol. The molecule has 1 fully saturated rings. The van der Waals surface area contributed by atoms with Crippen LogP contribution < -0.4 is 5.32 Å². The van der Waals surface area contributed by atoms with Crippen LogP contribution in [0.2, 0.25) is 0 Å². The molecule has 6 nitrogen and oxygen atoms in total. The zero-order valence-corrected chi connectivity index (χ0v) is 15.2. The second-order valence-electron chi connectivity index (χ2n) is 6.44. The van der Waals surface area contributed by atoms with Crippen LogP contribution in [0.3, 0.4) is 0 Å². The van der Waals surface area contributed by atoms with Gasteiger partial charge in [0.25, 0.3) is 5.91 Å². The molecule has 1 saturated heterocycles. The van der Waals surface area contributed by atoms with Crippen molar-refractivity contribution in [2.75, 3.05) is 19.8 Å². The first-order valence-corrected chi connectivity index (χ1v) is 9.03. The van der Waals surface area contributed by atoms with E-state index in [-0.39, 0.29) is 18.6 Å². The highest BCUT2D eigenvalue weighted by Gasteiger charge is 2.21. The van der Waals surface area contributed by atoms with Crippen molar-refractivity contribution in [3.63, 3.8) is 0 Å². The van der Waals surface area contributed by atoms with Crippen LogP contribution in [0.1, 0.15) is 41.4 Å². The third-order valence-electron chi connectivity index (χ3n) is 4.65. The van der Waals surface area contributed by atoms with E-state index >= 15 is 0 Å². The lowest BCUT2D eigenvalue weighted by Crippen LogP contribution is -2.35. The zero-order chi connectivity index (χ0) is 18.5. The molecule has 0 spiro atoms. The Balaban J connectivity index is 1.67. The summed E-state index contributed by atoms with van der Waals surface area (Å²) in [5.41, 5.74) is 2.83. The Labute approximate surface area is 152 Å². The van der Waals surface area contributed by atoms with Crippen LogP contribution >= 0.6 is 0 Å². The lowest BCUT2D eigenvalue weighted by Gasteiger charge is -2.14. The number of hydrogen-bond acceptors (Lipinski definition) is 5. The fraction of sp³-hybridized carbons (Fsp3) is 0.450. The molecule has 26 heavy (non-hydrogen) atoms. The Bertz CT molecular complexity index is 813. The lowest BCUT2D eigenvalue weighted by atomic mass is 10.0. The molecule has 0 unspecified atom stereocenters. The number of carbonyl (C=O) groups excluding carboxylic acids is 2. The van der Waals surface area contributed by atoms with E-state index in [4.69, 9.17) is 9.47 Å². The molecule has 0 aliphatic carbocycles. The molecule has 1 atom stereocenters. The van der Waals surface area contributed by atoms with Gasteiger partial charge in [-0.15, -0.1) is 0 Å². The van der Waals surface area contributed by atoms with E-state index in [1.807, 2.05) is 38.1 Å². The van der Waals surface area contributed by atoms with E-state index in [0.29, 0.717) is 24.2 Å². The topological polar surface area (TPSA) is 77.5 Å². The average molecular weight is 356 g/mol. The van der Waals surface area contributed by atoms with Crippen LogP contribution in [0.15, 0.2) is 24.3 Å². The number of pyridine rings is 1. The summed E-state index contributed by atoms with van der Waals surface area (Å²) in [6.45, 7) is 4.72. The smallest absolute Gasteiger partial charge is 0.340 e. The largest absolute Gasteiger partial charge is 0.452 e. The van der Waals surface area contributed by atoms with Gasteiger partial charge in [-0.3, -0.25) is 9.78 Å².